The molecule has 0 unspecified atom stereocenters. The zero-order chi connectivity index (χ0) is 13.8. The Morgan fingerprint density at radius 3 is 2.17 bits per heavy atom. The molecule has 1 aliphatic rings. The van der Waals surface area contributed by atoms with Gasteiger partial charge in [0, 0.05) is 19.6 Å². The van der Waals surface area contributed by atoms with E-state index in [1.807, 2.05) is 27.7 Å². The van der Waals surface area contributed by atoms with E-state index in [1.54, 1.807) is 0 Å². The van der Waals surface area contributed by atoms with Crippen LogP contribution >= 0.6 is 0 Å². The molecular weight excluding hydrogens is 218 g/mol. The molecule has 1 nitrogen and oxygen atoms in total. The first-order chi connectivity index (χ1) is 8.84. The minimum Gasteiger partial charge on any atom is -0.295 e. The average Bonchev–Trinajstić information content (AvgIpc) is 2.44. The number of hydrogen-bond acceptors (Lipinski definition) is 1. The van der Waals surface area contributed by atoms with Crippen LogP contribution in [0, 0.1) is 0 Å². The molecule has 0 bridgehead atoms. The van der Waals surface area contributed by atoms with Crippen LogP contribution in [0.1, 0.15) is 46.6 Å². The van der Waals surface area contributed by atoms with Crippen LogP contribution in [0.15, 0.2) is 42.0 Å². The van der Waals surface area contributed by atoms with E-state index in [2.05, 4.69) is 48.2 Å². The van der Waals surface area contributed by atoms with Gasteiger partial charge >= 0.3 is 0 Å². The fourth-order valence-electron chi connectivity index (χ4n) is 1.97. The SMILES string of the molecule is CC.CC.CC1=CCCN(Cc2ccccc2)C1. The van der Waals surface area contributed by atoms with Gasteiger partial charge in [-0.05, 0) is 18.9 Å². The van der Waals surface area contributed by atoms with Gasteiger partial charge in [-0.2, -0.15) is 0 Å². The van der Waals surface area contributed by atoms with Gasteiger partial charge in [-0.3, -0.25) is 4.90 Å². The highest BCUT2D eigenvalue weighted by atomic mass is 15.1. The molecule has 102 valence electrons. The molecule has 0 saturated carbocycles. The molecule has 0 saturated heterocycles. The van der Waals surface area contributed by atoms with Crippen molar-refractivity contribution in [1.82, 2.24) is 4.90 Å². The van der Waals surface area contributed by atoms with Crippen LogP contribution in [0.5, 0.6) is 0 Å². The van der Waals surface area contributed by atoms with Crippen molar-refractivity contribution >= 4 is 0 Å². The van der Waals surface area contributed by atoms with Crippen molar-refractivity contribution in [2.75, 3.05) is 13.1 Å². The van der Waals surface area contributed by atoms with E-state index in [9.17, 15) is 0 Å². The van der Waals surface area contributed by atoms with Gasteiger partial charge < -0.3 is 0 Å². The maximum absolute atomic E-state index is 2.50. The Labute approximate surface area is 114 Å². The summed E-state index contributed by atoms with van der Waals surface area (Å²) in [5.74, 6) is 0. The van der Waals surface area contributed by atoms with Crippen molar-refractivity contribution < 1.29 is 0 Å². The highest BCUT2D eigenvalue weighted by molar-refractivity contribution is 5.15. The summed E-state index contributed by atoms with van der Waals surface area (Å²) in [5.41, 5.74) is 2.93. The molecule has 0 fully saturated rings. The van der Waals surface area contributed by atoms with Crippen LogP contribution in [0.2, 0.25) is 0 Å². The molecule has 2 rings (SSSR count). The van der Waals surface area contributed by atoms with Gasteiger partial charge in [0.05, 0.1) is 0 Å². The predicted octanol–water partition coefficient (Wildman–Crippen LogP) is 4.89. The van der Waals surface area contributed by atoms with Gasteiger partial charge in [0.2, 0.25) is 0 Å². The van der Waals surface area contributed by atoms with Crippen LogP contribution < -0.4 is 0 Å². The summed E-state index contributed by atoms with van der Waals surface area (Å²) in [5, 5.41) is 0. The topological polar surface area (TPSA) is 3.24 Å². The summed E-state index contributed by atoms with van der Waals surface area (Å²) < 4.78 is 0. The van der Waals surface area contributed by atoms with Crippen LogP contribution in [-0.4, -0.2) is 18.0 Å². The summed E-state index contributed by atoms with van der Waals surface area (Å²) in [6.45, 7) is 13.6. The molecule has 1 heteroatoms. The molecule has 0 spiro atoms. The van der Waals surface area contributed by atoms with E-state index in [0.717, 1.165) is 13.1 Å². The lowest BCUT2D eigenvalue weighted by atomic mass is 10.1. The van der Waals surface area contributed by atoms with Crippen molar-refractivity contribution in [2.24, 2.45) is 0 Å². The molecule has 0 radical (unpaired) electrons. The third-order valence-corrected chi connectivity index (χ3v) is 2.66. The van der Waals surface area contributed by atoms with Crippen molar-refractivity contribution in [3.63, 3.8) is 0 Å². The van der Waals surface area contributed by atoms with E-state index in [-0.39, 0.29) is 0 Å². The summed E-state index contributed by atoms with van der Waals surface area (Å²) in [7, 11) is 0. The number of nitrogens with zero attached hydrogens (tertiary/aromatic N) is 1. The van der Waals surface area contributed by atoms with Crippen LogP contribution in [0.25, 0.3) is 0 Å². The van der Waals surface area contributed by atoms with Gasteiger partial charge in [0.15, 0.2) is 0 Å². The Morgan fingerprint density at radius 2 is 1.61 bits per heavy atom. The molecule has 1 heterocycles. The lowest BCUT2D eigenvalue weighted by Crippen LogP contribution is -2.28. The summed E-state index contributed by atoms with van der Waals surface area (Å²) in [6, 6.07) is 10.7. The lowest BCUT2D eigenvalue weighted by molar-refractivity contribution is 0.282. The Kier molecular flexibility index (Phi) is 10.4. The molecule has 0 N–H and O–H groups in total. The second kappa shape index (κ2) is 11.0. The van der Waals surface area contributed by atoms with Crippen LogP contribution in [0.3, 0.4) is 0 Å². The highest BCUT2D eigenvalue weighted by Crippen LogP contribution is 2.12. The molecule has 0 aliphatic carbocycles. The third-order valence-electron chi connectivity index (χ3n) is 2.66. The van der Waals surface area contributed by atoms with Gasteiger partial charge in [-0.25, -0.2) is 0 Å². The zero-order valence-corrected chi connectivity index (χ0v) is 12.7. The van der Waals surface area contributed by atoms with E-state index in [1.165, 1.54) is 24.1 Å². The number of rotatable bonds is 2. The van der Waals surface area contributed by atoms with Crippen LogP contribution in [-0.2, 0) is 6.54 Å². The second-order valence-corrected chi connectivity index (χ2v) is 4.04. The van der Waals surface area contributed by atoms with Gasteiger partial charge in [0.1, 0.15) is 0 Å². The third kappa shape index (κ3) is 6.61. The van der Waals surface area contributed by atoms with E-state index >= 15 is 0 Å². The fourth-order valence-corrected chi connectivity index (χ4v) is 1.97. The summed E-state index contributed by atoms with van der Waals surface area (Å²) >= 11 is 0. The zero-order valence-electron chi connectivity index (χ0n) is 12.7. The smallest absolute Gasteiger partial charge is 0.0237 e. The van der Waals surface area contributed by atoms with Crippen molar-refractivity contribution in [3.05, 3.63) is 47.5 Å². The Morgan fingerprint density at radius 1 is 1.00 bits per heavy atom. The number of benzene rings is 1. The highest BCUT2D eigenvalue weighted by Gasteiger charge is 2.09. The van der Waals surface area contributed by atoms with Crippen molar-refractivity contribution in [2.45, 2.75) is 47.6 Å². The molecule has 1 aromatic rings. The molecule has 18 heavy (non-hydrogen) atoms. The predicted molar refractivity (Wildman–Crippen MR) is 82.8 cm³/mol. The quantitative estimate of drug-likeness (QED) is 0.672. The first-order valence-corrected chi connectivity index (χ1v) is 7.26. The minimum absolute atomic E-state index is 1.09. The van der Waals surface area contributed by atoms with Gasteiger partial charge in [-0.1, -0.05) is 69.7 Å². The van der Waals surface area contributed by atoms with E-state index in [4.69, 9.17) is 0 Å². The van der Waals surface area contributed by atoms with Crippen molar-refractivity contribution in [3.8, 4) is 0 Å². The maximum Gasteiger partial charge on any atom is 0.0237 e. The van der Waals surface area contributed by atoms with E-state index < -0.39 is 0 Å². The first kappa shape index (κ1) is 16.9. The summed E-state index contributed by atoms with van der Waals surface area (Å²) in [6.07, 6.45) is 3.56. The minimum atomic E-state index is 1.09. The Balaban J connectivity index is 0.000000659. The van der Waals surface area contributed by atoms with Crippen LogP contribution in [0.4, 0.5) is 0 Å². The maximum atomic E-state index is 2.50. The molecule has 0 amide bonds. The average molecular weight is 247 g/mol. The Bertz CT molecular complexity index is 314. The summed E-state index contributed by atoms with van der Waals surface area (Å²) in [4.78, 5) is 2.50. The number of hydrogen-bond donors (Lipinski definition) is 0. The van der Waals surface area contributed by atoms with Gasteiger partial charge in [-0.15, -0.1) is 0 Å². The molecule has 1 aromatic carbocycles. The second-order valence-electron chi connectivity index (χ2n) is 4.04. The largest absolute Gasteiger partial charge is 0.295 e. The standard InChI is InChI=1S/C13H17N.2C2H6/c1-12-6-5-9-14(10-12)11-13-7-3-2-4-8-13;2*1-2/h2-4,6-8H,5,9-11H2,1H3;2*1-2H3. The monoisotopic (exact) mass is 247 g/mol. The van der Waals surface area contributed by atoms with E-state index in [0.29, 0.717) is 0 Å². The first-order valence-electron chi connectivity index (χ1n) is 7.26. The Hall–Kier alpha value is -1.08. The molecular formula is C17H29N. The molecule has 0 aromatic heterocycles. The fraction of sp³-hybridized carbons (Fsp3) is 0.529. The molecule has 1 aliphatic heterocycles. The normalized spacial score (nSPS) is 14.6. The van der Waals surface area contributed by atoms with Gasteiger partial charge in [0.25, 0.3) is 0 Å². The molecule has 0 atom stereocenters. The lowest BCUT2D eigenvalue weighted by Gasteiger charge is -2.25. The van der Waals surface area contributed by atoms with Crippen molar-refractivity contribution in [1.29, 1.82) is 0 Å².